The summed E-state index contributed by atoms with van der Waals surface area (Å²) in [7, 11) is 0. The first kappa shape index (κ1) is 16.4. The highest BCUT2D eigenvalue weighted by Gasteiger charge is 2.13. The maximum Gasteiger partial charge on any atom is 0.220 e. The zero-order valence-corrected chi connectivity index (χ0v) is 12.0. The average molecular weight is 242 g/mol. The molecule has 3 nitrogen and oxygen atoms in total. The van der Waals surface area contributed by atoms with Gasteiger partial charge < -0.3 is 11.1 Å². The predicted octanol–water partition coefficient (Wildman–Crippen LogP) is 2.84. The lowest BCUT2D eigenvalue weighted by molar-refractivity contribution is -0.122. The van der Waals surface area contributed by atoms with E-state index in [0.717, 1.165) is 32.1 Å². The number of nitrogens with one attached hydrogen (secondary N) is 1. The molecule has 3 heteroatoms. The Labute approximate surface area is 107 Å². The molecule has 0 bridgehead atoms. The lowest BCUT2D eigenvalue weighted by atomic mass is 9.90. The number of carbonyl (C=O) groups is 1. The van der Waals surface area contributed by atoms with Gasteiger partial charge in [0.25, 0.3) is 0 Å². The van der Waals surface area contributed by atoms with Crippen LogP contribution < -0.4 is 11.1 Å². The van der Waals surface area contributed by atoms with E-state index in [1.807, 2.05) is 0 Å². The molecular weight excluding hydrogens is 212 g/mol. The molecule has 102 valence electrons. The summed E-state index contributed by atoms with van der Waals surface area (Å²) in [6.07, 6.45) is 5.95. The Morgan fingerprint density at radius 1 is 1.29 bits per heavy atom. The lowest BCUT2D eigenvalue weighted by Gasteiger charge is -2.19. The van der Waals surface area contributed by atoms with E-state index in [1.165, 1.54) is 0 Å². The fourth-order valence-corrected chi connectivity index (χ4v) is 1.78. The lowest BCUT2D eigenvalue weighted by Crippen LogP contribution is -2.40. The first-order valence-corrected chi connectivity index (χ1v) is 6.88. The van der Waals surface area contributed by atoms with Gasteiger partial charge in [0.15, 0.2) is 0 Å². The normalized spacial score (nSPS) is 13.5. The molecule has 0 aromatic heterocycles. The van der Waals surface area contributed by atoms with Crippen molar-refractivity contribution >= 4 is 5.91 Å². The van der Waals surface area contributed by atoms with Crippen molar-refractivity contribution in [2.24, 2.45) is 11.1 Å². The van der Waals surface area contributed by atoms with Gasteiger partial charge in [-0.3, -0.25) is 4.79 Å². The van der Waals surface area contributed by atoms with Gasteiger partial charge in [-0.1, -0.05) is 40.5 Å². The summed E-state index contributed by atoms with van der Waals surface area (Å²) in [5, 5.41) is 3.02. The van der Waals surface area contributed by atoms with Gasteiger partial charge in [0.05, 0.1) is 0 Å². The van der Waals surface area contributed by atoms with Crippen molar-refractivity contribution in [3.05, 3.63) is 0 Å². The van der Waals surface area contributed by atoms with Crippen molar-refractivity contribution in [2.45, 2.75) is 72.3 Å². The van der Waals surface area contributed by atoms with Crippen molar-refractivity contribution < 1.29 is 4.79 Å². The molecule has 0 aliphatic carbocycles. The summed E-state index contributed by atoms with van der Waals surface area (Å²) in [5.74, 6) is 0.154. The Morgan fingerprint density at radius 2 is 1.94 bits per heavy atom. The summed E-state index contributed by atoms with van der Waals surface area (Å²) >= 11 is 0. The Morgan fingerprint density at radius 3 is 2.41 bits per heavy atom. The minimum absolute atomic E-state index is 0.154. The number of nitrogens with two attached hydrogens (primary N) is 1. The summed E-state index contributed by atoms with van der Waals surface area (Å²) in [6, 6.07) is 0.164. The Bertz CT molecular complexity index is 209. The zero-order valence-electron chi connectivity index (χ0n) is 12.0. The smallest absolute Gasteiger partial charge is 0.220 e. The SMILES string of the molecule is CCCCC(CN)NC(=O)CCCC(C)(C)C. The van der Waals surface area contributed by atoms with Crippen LogP contribution in [-0.4, -0.2) is 18.5 Å². The second kappa shape index (κ2) is 8.51. The van der Waals surface area contributed by atoms with Crippen LogP contribution >= 0.6 is 0 Å². The largest absolute Gasteiger partial charge is 0.352 e. The van der Waals surface area contributed by atoms with Gasteiger partial charge in [0.2, 0.25) is 5.91 Å². The van der Waals surface area contributed by atoms with Gasteiger partial charge in [-0.25, -0.2) is 0 Å². The van der Waals surface area contributed by atoms with Gasteiger partial charge in [0.1, 0.15) is 0 Å². The molecule has 0 aliphatic rings. The van der Waals surface area contributed by atoms with Crippen LogP contribution in [0.1, 0.15) is 66.2 Å². The van der Waals surface area contributed by atoms with Crippen molar-refractivity contribution in [1.29, 1.82) is 0 Å². The third kappa shape index (κ3) is 10.3. The number of rotatable bonds is 8. The van der Waals surface area contributed by atoms with E-state index in [1.54, 1.807) is 0 Å². The predicted molar refractivity (Wildman–Crippen MR) is 73.8 cm³/mol. The van der Waals surface area contributed by atoms with Crippen LogP contribution in [-0.2, 0) is 4.79 Å². The van der Waals surface area contributed by atoms with Gasteiger partial charge in [0, 0.05) is 19.0 Å². The average Bonchev–Trinajstić information content (AvgIpc) is 2.22. The van der Waals surface area contributed by atoms with Gasteiger partial charge in [-0.15, -0.1) is 0 Å². The zero-order chi connectivity index (χ0) is 13.3. The molecule has 0 rings (SSSR count). The van der Waals surface area contributed by atoms with Crippen LogP contribution in [0.3, 0.4) is 0 Å². The second-order valence-electron chi connectivity index (χ2n) is 6.06. The highest BCUT2D eigenvalue weighted by Crippen LogP contribution is 2.21. The van der Waals surface area contributed by atoms with Crippen LogP contribution in [0.4, 0.5) is 0 Å². The summed E-state index contributed by atoms with van der Waals surface area (Å²) < 4.78 is 0. The van der Waals surface area contributed by atoms with Crippen LogP contribution in [0.25, 0.3) is 0 Å². The van der Waals surface area contributed by atoms with Crippen molar-refractivity contribution in [1.82, 2.24) is 5.32 Å². The van der Waals surface area contributed by atoms with Gasteiger partial charge >= 0.3 is 0 Å². The molecule has 3 N–H and O–H groups in total. The molecule has 1 unspecified atom stereocenters. The molecule has 0 aromatic carbocycles. The molecule has 17 heavy (non-hydrogen) atoms. The maximum atomic E-state index is 11.7. The molecule has 0 spiro atoms. The standard InChI is InChI=1S/C14H30N2O/c1-5-6-8-12(11-15)16-13(17)9-7-10-14(2,3)4/h12H,5-11,15H2,1-4H3,(H,16,17). The third-order valence-electron chi connectivity index (χ3n) is 2.89. The molecule has 0 saturated heterocycles. The van der Waals surface area contributed by atoms with Crippen LogP contribution in [0.5, 0.6) is 0 Å². The first-order valence-electron chi connectivity index (χ1n) is 6.88. The summed E-state index contributed by atoms with van der Waals surface area (Å²) in [5.41, 5.74) is 5.96. The van der Waals surface area contributed by atoms with E-state index in [-0.39, 0.29) is 11.9 Å². The van der Waals surface area contributed by atoms with E-state index in [4.69, 9.17) is 5.73 Å². The fourth-order valence-electron chi connectivity index (χ4n) is 1.78. The van der Waals surface area contributed by atoms with E-state index >= 15 is 0 Å². The molecule has 0 aromatic rings. The van der Waals surface area contributed by atoms with E-state index < -0.39 is 0 Å². The third-order valence-corrected chi connectivity index (χ3v) is 2.89. The molecule has 0 radical (unpaired) electrons. The summed E-state index contributed by atoms with van der Waals surface area (Å²) in [4.78, 5) is 11.7. The Kier molecular flexibility index (Phi) is 8.23. The van der Waals surface area contributed by atoms with Gasteiger partial charge in [-0.2, -0.15) is 0 Å². The molecule has 0 fully saturated rings. The van der Waals surface area contributed by atoms with Crippen molar-refractivity contribution in [3.63, 3.8) is 0 Å². The highest BCUT2D eigenvalue weighted by molar-refractivity contribution is 5.76. The van der Waals surface area contributed by atoms with Crippen molar-refractivity contribution in [3.8, 4) is 0 Å². The number of carbonyl (C=O) groups excluding carboxylic acids is 1. The minimum Gasteiger partial charge on any atom is -0.352 e. The van der Waals surface area contributed by atoms with Crippen LogP contribution in [0, 0.1) is 5.41 Å². The number of hydrogen-bond acceptors (Lipinski definition) is 2. The summed E-state index contributed by atoms with van der Waals surface area (Å²) in [6.45, 7) is 9.31. The molecule has 1 atom stereocenters. The number of amides is 1. The Hall–Kier alpha value is -0.570. The van der Waals surface area contributed by atoms with Crippen LogP contribution in [0.2, 0.25) is 0 Å². The molecule has 0 saturated carbocycles. The molecule has 1 amide bonds. The van der Waals surface area contributed by atoms with Gasteiger partial charge in [-0.05, 0) is 24.7 Å². The van der Waals surface area contributed by atoms with Crippen molar-refractivity contribution in [2.75, 3.05) is 6.54 Å². The quantitative estimate of drug-likeness (QED) is 0.687. The first-order chi connectivity index (χ1) is 7.89. The van der Waals surface area contributed by atoms with E-state index in [2.05, 4.69) is 33.0 Å². The maximum absolute atomic E-state index is 11.7. The van der Waals surface area contributed by atoms with E-state index in [9.17, 15) is 4.79 Å². The second-order valence-corrected chi connectivity index (χ2v) is 6.06. The molecule has 0 aliphatic heterocycles. The van der Waals surface area contributed by atoms with Crippen LogP contribution in [0.15, 0.2) is 0 Å². The Balaban J connectivity index is 3.75. The monoisotopic (exact) mass is 242 g/mol. The fraction of sp³-hybridized carbons (Fsp3) is 0.929. The molecular formula is C14H30N2O. The minimum atomic E-state index is 0.154. The number of unbranched alkanes of at least 4 members (excludes halogenated alkanes) is 1. The highest BCUT2D eigenvalue weighted by atomic mass is 16.1. The number of hydrogen-bond donors (Lipinski definition) is 2. The molecule has 0 heterocycles. The van der Waals surface area contributed by atoms with E-state index in [0.29, 0.717) is 18.4 Å². The topological polar surface area (TPSA) is 55.1 Å².